The van der Waals surface area contributed by atoms with Crippen molar-refractivity contribution in [2.45, 2.75) is 56.9 Å². The number of aliphatic hydroxyl groups is 1. The van der Waals surface area contributed by atoms with Crippen molar-refractivity contribution >= 4 is 15.9 Å². The number of carbonyl (C=O) groups is 1. The first-order valence-corrected chi connectivity index (χ1v) is 14.1. The fraction of sp³-hybridized carbons (Fsp3) is 0.520. The molecule has 3 atom stereocenters. The first-order valence-electron chi connectivity index (χ1n) is 12.7. The predicted octanol–water partition coefficient (Wildman–Crippen LogP) is 1.31. The van der Waals surface area contributed by atoms with Crippen LogP contribution in [-0.4, -0.2) is 92.3 Å². The smallest absolute Gasteiger partial charge is 0.242 e. The number of likely N-dealkylation sites (N-methyl/N-ethyl adjacent to an activating group) is 1. The van der Waals surface area contributed by atoms with Gasteiger partial charge in [-0.1, -0.05) is 12.1 Å². The summed E-state index contributed by atoms with van der Waals surface area (Å²) in [7, 11) is -2.30. The van der Waals surface area contributed by atoms with E-state index in [2.05, 4.69) is 15.4 Å². The van der Waals surface area contributed by atoms with Crippen molar-refractivity contribution < 1.29 is 23.1 Å². The maximum atomic E-state index is 13.4. The van der Waals surface area contributed by atoms with Crippen molar-refractivity contribution in [1.82, 2.24) is 34.0 Å². The van der Waals surface area contributed by atoms with Crippen LogP contribution in [0.5, 0.6) is 0 Å². The summed E-state index contributed by atoms with van der Waals surface area (Å²) in [6.45, 7) is 4.67. The van der Waals surface area contributed by atoms with Crippen molar-refractivity contribution in [1.29, 1.82) is 0 Å². The number of sulfonamides is 1. The zero-order valence-electron chi connectivity index (χ0n) is 21.9. The molecule has 1 aliphatic heterocycles. The van der Waals surface area contributed by atoms with Crippen molar-refractivity contribution in [3.8, 4) is 5.69 Å². The SMILES string of the molecule is C[C@@H]1CN([C@@H](C)CO)C(=O)CCCn2nncc2CO[C@@H]1CN(C)S(=O)(=O)c1ccc(-n2cccn2)cc1. The highest BCUT2D eigenvalue weighted by Gasteiger charge is 2.31. The molecule has 0 radical (unpaired) electrons. The minimum atomic E-state index is -3.82. The molecule has 0 unspecified atom stereocenters. The number of amides is 1. The van der Waals surface area contributed by atoms with Crippen molar-refractivity contribution in [2.24, 2.45) is 5.92 Å². The normalized spacial score (nSPS) is 20.6. The number of hydrogen-bond donors (Lipinski definition) is 1. The number of aromatic nitrogens is 5. The molecule has 0 spiro atoms. The molecule has 0 saturated carbocycles. The van der Waals surface area contributed by atoms with Gasteiger partial charge in [0.1, 0.15) is 0 Å². The molecule has 12 nitrogen and oxygen atoms in total. The minimum absolute atomic E-state index is 0.0709. The highest BCUT2D eigenvalue weighted by atomic mass is 32.2. The molecule has 2 aromatic heterocycles. The third kappa shape index (κ3) is 6.29. The number of hydrogen-bond acceptors (Lipinski definition) is 8. The number of benzene rings is 1. The molecular formula is C25H35N7O5S. The van der Waals surface area contributed by atoms with Gasteiger partial charge >= 0.3 is 0 Å². The van der Waals surface area contributed by atoms with Crippen molar-refractivity contribution in [3.63, 3.8) is 0 Å². The Bertz CT molecular complexity index is 1290. The summed E-state index contributed by atoms with van der Waals surface area (Å²) in [5.41, 5.74) is 1.51. The highest BCUT2D eigenvalue weighted by Crippen LogP contribution is 2.22. The quantitative estimate of drug-likeness (QED) is 0.469. The molecule has 1 amide bonds. The lowest BCUT2D eigenvalue weighted by atomic mass is 10.0. The van der Waals surface area contributed by atoms with E-state index in [1.807, 2.05) is 6.92 Å². The summed E-state index contributed by atoms with van der Waals surface area (Å²) in [5.74, 6) is -0.297. The molecule has 1 aliphatic rings. The van der Waals surface area contributed by atoms with Gasteiger partial charge in [0.15, 0.2) is 0 Å². The Balaban J connectivity index is 1.56. The Morgan fingerprint density at radius 2 is 2.03 bits per heavy atom. The van der Waals surface area contributed by atoms with Crippen LogP contribution in [0.4, 0.5) is 0 Å². The van der Waals surface area contributed by atoms with Crippen LogP contribution in [0.1, 0.15) is 32.4 Å². The van der Waals surface area contributed by atoms with Crippen LogP contribution >= 0.6 is 0 Å². The predicted molar refractivity (Wildman–Crippen MR) is 139 cm³/mol. The van der Waals surface area contributed by atoms with E-state index in [4.69, 9.17) is 4.74 Å². The molecule has 1 aromatic carbocycles. The molecule has 13 heteroatoms. The number of aliphatic hydroxyl groups excluding tert-OH is 1. The third-order valence-corrected chi connectivity index (χ3v) is 8.73. The van der Waals surface area contributed by atoms with E-state index in [0.29, 0.717) is 25.9 Å². The van der Waals surface area contributed by atoms with Crippen LogP contribution < -0.4 is 0 Å². The van der Waals surface area contributed by atoms with Gasteiger partial charge in [-0.05, 0) is 43.7 Å². The highest BCUT2D eigenvalue weighted by molar-refractivity contribution is 7.89. The Morgan fingerprint density at radius 1 is 1.26 bits per heavy atom. The van der Waals surface area contributed by atoms with E-state index in [1.165, 1.54) is 11.4 Å². The summed E-state index contributed by atoms with van der Waals surface area (Å²) >= 11 is 0. The van der Waals surface area contributed by atoms with Crippen molar-refractivity contribution in [2.75, 3.05) is 26.7 Å². The van der Waals surface area contributed by atoms with E-state index in [1.54, 1.807) is 70.1 Å². The number of carbonyl (C=O) groups excluding carboxylic acids is 1. The van der Waals surface area contributed by atoms with Gasteiger partial charge in [-0.3, -0.25) is 4.79 Å². The summed E-state index contributed by atoms with van der Waals surface area (Å²) in [5, 5.41) is 22.0. The maximum absolute atomic E-state index is 13.4. The zero-order chi connectivity index (χ0) is 27.3. The van der Waals surface area contributed by atoms with E-state index in [9.17, 15) is 18.3 Å². The average molecular weight is 546 g/mol. The van der Waals surface area contributed by atoms with Gasteiger partial charge in [0, 0.05) is 51.4 Å². The second kappa shape index (κ2) is 12.2. The van der Waals surface area contributed by atoms with Gasteiger partial charge in [0.05, 0.1) is 47.8 Å². The molecule has 1 N–H and O–H groups in total. The molecular weight excluding hydrogens is 510 g/mol. The fourth-order valence-electron chi connectivity index (χ4n) is 4.47. The first kappa shape index (κ1) is 27.9. The maximum Gasteiger partial charge on any atom is 0.242 e. The Kier molecular flexibility index (Phi) is 8.92. The monoisotopic (exact) mass is 545 g/mol. The van der Waals surface area contributed by atoms with Gasteiger partial charge in [0.25, 0.3) is 0 Å². The number of fused-ring (bicyclic) bond motifs is 1. The second-order valence-electron chi connectivity index (χ2n) is 9.69. The summed E-state index contributed by atoms with van der Waals surface area (Å²) in [4.78, 5) is 14.8. The summed E-state index contributed by atoms with van der Waals surface area (Å²) in [6.07, 6.45) is 5.41. The molecule has 0 fully saturated rings. The molecule has 3 aromatic rings. The van der Waals surface area contributed by atoms with Crippen LogP contribution in [0.25, 0.3) is 5.69 Å². The molecule has 206 valence electrons. The molecule has 38 heavy (non-hydrogen) atoms. The minimum Gasteiger partial charge on any atom is -0.394 e. The van der Waals surface area contributed by atoms with Gasteiger partial charge in [-0.2, -0.15) is 9.40 Å². The van der Waals surface area contributed by atoms with Gasteiger partial charge in [-0.25, -0.2) is 17.8 Å². The van der Waals surface area contributed by atoms with E-state index < -0.39 is 16.1 Å². The van der Waals surface area contributed by atoms with Crippen LogP contribution in [0.3, 0.4) is 0 Å². The Morgan fingerprint density at radius 3 is 2.71 bits per heavy atom. The Labute approximate surface area is 222 Å². The molecule has 0 bridgehead atoms. The van der Waals surface area contributed by atoms with Gasteiger partial charge in [-0.15, -0.1) is 5.10 Å². The third-order valence-electron chi connectivity index (χ3n) is 6.89. The van der Waals surface area contributed by atoms with E-state index in [-0.39, 0.29) is 42.5 Å². The molecule has 4 rings (SSSR count). The number of aryl methyl sites for hydroxylation is 1. The van der Waals surface area contributed by atoms with Gasteiger partial charge in [0.2, 0.25) is 15.9 Å². The molecule has 0 saturated heterocycles. The van der Waals surface area contributed by atoms with Crippen molar-refractivity contribution in [3.05, 3.63) is 54.6 Å². The van der Waals surface area contributed by atoms with Crippen LogP contribution in [0.15, 0.2) is 53.8 Å². The first-order chi connectivity index (χ1) is 18.2. The zero-order valence-corrected chi connectivity index (χ0v) is 22.7. The molecule has 3 heterocycles. The Hall–Kier alpha value is -3.13. The lowest BCUT2D eigenvalue weighted by Crippen LogP contribution is -2.47. The second-order valence-corrected chi connectivity index (χ2v) is 11.7. The van der Waals surface area contributed by atoms with E-state index >= 15 is 0 Å². The van der Waals surface area contributed by atoms with E-state index in [0.717, 1.165) is 11.4 Å². The number of ether oxygens (including phenoxy) is 1. The van der Waals surface area contributed by atoms with Crippen LogP contribution in [0, 0.1) is 5.92 Å². The van der Waals surface area contributed by atoms with Gasteiger partial charge < -0.3 is 14.7 Å². The topological polar surface area (TPSA) is 136 Å². The average Bonchev–Trinajstić information content (AvgIpc) is 3.61. The molecule has 0 aliphatic carbocycles. The largest absolute Gasteiger partial charge is 0.394 e. The number of nitrogens with zero attached hydrogens (tertiary/aromatic N) is 7. The van der Waals surface area contributed by atoms with Crippen LogP contribution in [0.2, 0.25) is 0 Å². The standard InChI is InChI=1S/C25H35N7O5S/c1-19-15-30(20(2)17-33)25(34)6-4-12-32-22(14-26-28-32)18-37-24(19)16-29(3)38(35,36)23-9-7-21(8-10-23)31-13-5-11-27-31/h5,7-11,13-14,19-20,24,33H,4,6,12,15-18H2,1-3H3/t19-,20+,24-/m1/s1. The summed E-state index contributed by atoms with van der Waals surface area (Å²) in [6, 6.07) is 7.95. The summed E-state index contributed by atoms with van der Waals surface area (Å²) < 4.78 is 37.8. The number of rotatable bonds is 7. The van der Waals surface area contributed by atoms with Crippen LogP contribution in [-0.2, 0) is 32.7 Å². The lowest BCUT2D eigenvalue weighted by molar-refractivity contribution is -0.136. The fourth-order valence-corrected chi connectivity index (χ4v) is 5.65. The lowest BCUT2D eigenvalue weighted by Gasteiger charge is -2.35.